The first kappa shape index (κ1) is 18.7. The molecule has 146 valence electrons. The largest absolute Gasteiger partial charge is 0.495 e. The highest BCUT2D eigenvalue weighted by molar-refractivity contribution is 7.91. The van der Waals surface area contributed by atoms with Gasteiger partial charge in [-0.3, -0.25) is 0 Å². The number of hydrogen-bond donors (Lipinski definition) is 1. The zero-order valence-electron chi connectivity index (χ0n) is 15.5. The standard InChI is InChI=1S/C21H21FN2O3S/c1-27-20-8-6-15(14-19(20)24-12-10-23-11-13-24)28(25,26)21-9-7-18(22)16-4-2-3-5-17(16)21/h2-9,14,23H,10-13H2,1H3. The molecule has 0 amide bonds. The van der Waals surface area contributed by atoms with E-state index in [0.717, 1.165) is 31.9 Å². The van der Waals surface area contributed by atoms with Crippen molar-refractivity contribution in [3.8, 4) is 5.75 Å². The SMILES string of the molecule is COc1ccc(S(=O)(=O)c2ccc(F)c3ccccc23)cc1N1CCNCC1. The lowest BCUT2D eigenvalue weighted by atomic mass is 10.1. The molecule has 3 aromatic rings. The molecular weight excluding hydrogens is 379 g/mol. The molecule has 1 N–H and O–H groups in total. The fourth-order valence-electron chi connectivity index (χ4n) is 3.59. The number of rotatable bonds is 4. The van der Waals surface area contributed by atoms with Gasteiger partial charge < -0.3 is 15.0 Å². The third-order valence-electron chi connectivity index (χ3n) is 5.04. The van der Waals surface area contributed by atoms with Crippen LogP contribution in [0.4, 0.5) is 10.1 Å². The third kappa shape index (κ3) is 3.21. The summed E-state index contributed by atoms with van der Waals surface area (Å²) in [5.74, 6) is 0.190. The first-order valence-electron chi connectivity index (χ1n) is 9.08. The number of nitrogens with one attached hydrogen (secondary N) is 1. The topological polar surface area (TPSA) is 58.6 Å². The first-order chi connectivity index (χ1) is 13.5. The summed E-state index contributed by atoms with van der Waals surface area (Å²) in [7, 11) is -2.26. The van der Waals surface area contributed by atoms with Gasteiger partial charge in [-0.05, 0) is 30.3 Å². The highest BCUT2D eigenvalue weighted by atomic mass is 32.2. The Labute approximate surface area is 163 Å². The lowest BCUT2D eigenvalue weighted by molar-refractivity contribution is 0.412. The van der Waals surface area contributed by atoms with Crippen molar-refractivity contribution in [2.24, 2.45) is 0 Å². The molecule has 0 aliphatic carbocycles. The lowest BCUT2D eigenvalue weighted by Crippen LogP contribution is -2.43. The van der Waals surface area contributed by atoms with E-state index < -0.39 is 15.7 Å². The summed E-state index contributed by atoms with van der Waals surface area (Å²) in [6.45, 7) is 3.17. The predicted octanol–water partition coefficient (Wildman–Crippen LogP) is 3.23. The Balaban J connectivity index is 1.86. The Morgan fingerprint density at radius 1 is 1.00 bits per heavy atom. The molecule has 0 bridgehead atoms. The molecule has 0 spiro atoms. The van der Waals surface area contributed by atoms with Gasteiger partial charge in [-0.1, -0.05) is 24.3 Å². The zero-order valence-corrected chi connectivity index (χ0v) is 16.3. The minimum Gasteiger partial charge on any atom is -0.495 e. The van der Waals surface area contributed by atoms with E-state index in [1.807, 2.05) is 0 Å². The van der Waals surface area contributed by atoms with Crippen molar-refractivity contribution in [2.45, 2.75) is 9.79 Å². The summed E-state index contributed by atoms with van der Waals surface area (Å²) in [5.41, 5.74) is 0.747. The highest BCUT2D eigenvalue weighted by Crippen LogP contribution is 2.35. The molecule has 0 unspecified atom stereocenters. The number of benzene rings is 3. The van der Waals surface area contributed by atoms with Gasteiger partial charge in [-0.15, -0.1) is 0 Å². The second-order valence-electron chi connectivity index (χ2n) is 6.67. The Morgan fingerprint density at radius 2 is 1.71 bits per heavy atom. The quantitative estimate of drug-likeness (QED) is 0.682. The summed E-state index contributed by atoms with van der Waals surface area (Å²) in [6, 6.07) is 14.0. The second-order valence-corrected chi connectivity index (χ2v) is 8.58. The summed E-state index contributed by atoms with van der Waals surface area (Å²) in [6.07, 6.45) is 0. The van der Waals surface area contributed by atoms with Crippen LogP contribution in [0, 0.1) is 5.82 Å². The summed E-state index contributed by atoms with van der Waals surface area (Å²) in [4.78, 5) is 2.37. The van der Waals surface area contributed by atoms with Crippen LogP contribution in [0.2, 0.25) is 0 Å². The van der Waals surface area contributed by atoms with Crippen LogP contribution in [0.5, 0.6) is 5.75 Å². The van der Waals surface area contributed by atoms with Crippen LogP contribution in [-0.4, -0.2) is 41.7 Å². The summed E-state index contributed by atoms with van der Waals surface area (Å²) in [5, 5.41) is 3.95. The molecule has 28 heavy (non-hydrogen) atoms. The van der Waals surface area contributed by atoms with E-state index >= 15 is 0 Å². The van der Waals surface area contributed by atoms with Crippen molar-refractivity contribution < 1.29 is 17.5 Å². The molecule has 4 rings (SSSR count). The van der Waals surface area contributed by atoms with Crippen LogP contribution in [0.3, 0.4) is 0 Å². The van der Waals surface area contributed by atoms with Gasteiger partial charge in [0.1, 0.15) is 11.6 Å². The lowest BCUT2D eigenvalue weighted by Gasteiger charge is -2.30. The van der Waals surface area contributed by atoms with Crippen LogP contribution >= 0.6 is 0 Å². The van der Waals surface area contributed by atoms with Crippen molar-refractivity contribution in [2.75, 3.05) is 38.2 Å². The number of anilines is 1. The monoisotopic (exact) mass is 400 g/mol. The number of fused-ring (bicyclic) bond motifs is 1. The Hall–Kier alpha value is -2.64. The fraction of sp³-hybridized carbons (Fsp3) is 0.238. The Morgan fingerprint density at radius 3 is 2.43 bits per heavy atom. The van der Waals surface area contributed by atoms with Crippen molar-refractivity contribution in [1.82, 2.24) is 5.32 Å². The van der Waals surface area contributed by atoms with Gasteiger partial charge in [0.2, 0.25) is 9.84 Å². The number of piperazine rings is 1. The molecule has 7 heteroatoms. The number of nitrogens with zero attached hydrogens (tertiary/aromatic N) is 1. The molecular formula is C21H21FN2O3S. The second kappa shape index (κ2) is 7.41. The van der Waals surface area contributed by atoms with Crippen molar-refractivity contribution in [3.63, 3.8) is 0 Å². The maximum absolute atomic E-state index is 14.1. The number of ether oxygens (including phenoxy) is 1. The van der Waals surface area contributed by atoms with Gasteiger partial charge in [0.15, 0.2) is 0 Å². The number of halogens is 1. The Bertz CT molecular complexity index is 1130. The van der Waals surface area contributed by atoms with Gasteiger partial charge >= 0.3 is 0 Å². The zero-order chi connectivity index (χ0) is 19.7. The van der Waals surface area contributed by atoms with Gasteiger partial charge in [0.25, 0.3) is 0 Å². The van der Waals surface area contributed by atoms with Gasteiger partial charge in [-0.25, -0.2) is 12.8 Å². The summed E-state index contributed by atoms with van der Waals surface area (Å²) < 4.78 is 46.4. The summed E-state index contributed by atoms with van der Waals surface area (Å²) >= 11 is 0. The molecule has 0 atom stereocenters. The van der Waals surface area contributed by atoms with Crippen LogP contribution in [0.1, 0.15) is 0 Å². The van der Waals surface area contributed by atoms with Crippen molar-refractivity contribution >= 4 is 26.3 Å². The normalized spacial score (nSPS) is 15.0. The maximum Gasteiger partial charge on any atom is 0.207 e. The fourth-order valence-corrected chi connectivity index (χ4v) is 5.07. The van der Waals surface area contributed by atoms with E-state index in [2.05, 4.69) is 10.2 Å². The van der Waals surface area contributed by atoms with Crippen molar-refractivity contribution in [1.29, 1.82) is 0 Å². The van der Waals surface area contributed by atoms with Crippen molar-refractivity contribution in [3.05, 3.63) is 60.4 Å². The average Bonchev–Trinajstić information content (AvgIpc) is 2.74. The third-order valence-corrected chi connectivity index (χ3v) is 6.85. The van der Waals surface area contributed by atoms with E-state index in [9.17, 15) is 12.8 Å². The van der Waals surface area contributed by atoms with Gasteiger partial charge in [0, 0.05) is 37.0 Å². The van der Waals surface area contributed by atoms with E-state index in [1.165, 1.54) is 18.2 Å². The van der Waals surface area contributed by atoms with E-state index in [4.69, 9.17) is 4.74 Å². The van der Waals surface area contributed by atoms with Crippen LogP contribution in [-0.2, 0) is 9.84 Å². The molecule has 1 aliphatic rings. The van der Waals surface area contributed by atoms with Crippen LogP contribution < -0.4 is 15.0 Å². The predicted molar refractivity (Wildman–Crippen MR) is 107 cm³/mol. The molecule has 0 aromatic heterocycles. The number of methoxy groups -OCH3 is 1. The number of sulfone groups is 1. The molecule has 1 saturated heterocycles. The van der Waals surface area contributed by atoms with E-state index in [0.29, 0.717) is 16.5 Å². The highest BCUT2D eigenvalue weighted by Gasteiger charge is 2.24. The molecule has 3 aromatic carbocycles. The van der Waals surface area contributed by atoms with Crippen LogP contribution in [0.25, 0.3) is 10.8 Å². The molecule has 0 saturated carbocycles. The smallest absolute Gasteiger partial charge is 0.207 e. The first-order valence-corrected chi connectivity index (χ1v) is 10.6. The molecule has 1 fully saturated rings. The van der Waals surface area contributed by atoms with Crippen LogP contribution in [0.15, 0.2) is 64.4 Å². The molecule has 0 radical (unpaired) electrons. The molecule has 5 nitrogen and oxygen atoms in total. The molecule has 1 aliphatic heterocycles. The minimum atomic E-state index is -3.83. The number of hydrogen-bond acceptors (Lipinski definition) is 5. The van der Waals surface area contributed by atoms with E-state index in [-0.39, 0.29) is 9.79 Å². The van der Waals surface area contributed by atoms with Gasteiger partial charge in [0.05, 0.1) is 22.6 Å². The Kier molecular flexibility index (Phi) is 4.95. The van der Waals surface area contributed by atoms with E-state index in [1.54, 1.807) is 43.5 Å². The van der Waals surface area contributed by atoms with Gasteiger partial charge in [-0.2, -0.15) is 0 Å². The minimum absolute atomic E-state index is 0.0981. The maximum atomic E-state index is 14.1. The average molecular weight is 400 g/mol. The molecule has 1 heterocycles.